The molecule has 34 heavy (non-hydrogen) atoms. The summed E-state index contributed by atoms with van der Waals surface area (Å²) in [6.45, 7) is 3.97. The Morgan fingerprint density at radius 1 is 0.618 bits per heavy atom. The standard InChI is InChI=1S/C29H16F4O/c1-2-13-34-24-10-6-19(7-11-24)3-4-21-15-26(30)25(27(31)16-21)12-8-20-5-9-22-17-28(32)29(33)18-23(22)14-20/h2,5-7,9-11,14-18H,1,13H2. The molecule has 0 spiro atoms. The van der Waals surface area contributed by atoms with Gasteiger partial charge in [-0.15, -0.1) is 0 Å². The van der Waals surface area contributed by atoms with Crippen LogP contribution in [0.1, 0.15) is 22.3 Å². The summed E-state index contributed by atoms with van der Waals surface area (Å²) in [6, 6.07) is 16.0. The van der Waals surface area contributed by atoms with E-state index in [0.717, 1.165) is 24.3 Å². The first kappa shape index (κ1) is 22.7. The van der Waals surface area contributed by atoms with Crippen LogP contribution >= 0.6 is 0 Å². The lowest BCUT2D eigenvalue weighted by Crippen LogP contribution is -1.93. The molecular formula is C29H16F4O. The van der Waals surface area contributed by atoms with E-state index in [9.17, 15) is 17.6 Å². The maximum atomic E-state index is 14.5. The van der Waals surface area contributed by atoms with Gasteiger partial charge in [0, 0.05) is 16.7 Å². The fourth-order valence-electron chi connectivity index (χ4n) is 3.15. The van der Waals surface area contributed by atoms with E-state index in [-0.39, 0.29) is 5.56 Å². The van der Waals surface area contributed by atoms with Crippen molar-refractivity contribution in [3.05, 3.63) is 125 Å². The largest absolute Gasteiger partial charge is 0.490 e. The van der Waals surface area contributed by atoms with Crippen LogP contribution in [-0.2, 0) is 0 Å². The van der Waals surface area contributed by atoms with E-state index in [1.807, 2.05) is 0 Å². The zero-order valence-electron chi connectivity index (χ0n) is 17.8. The molecule has 5 heteroatoms. The first-order valence-electron chi connectivity index (χ1n) is 10.2. The molecule has 0 unspecified atom stereocenters. The van der Waals surface area contributed by atoms with Crippen molar-refractivity contribution in [1.29, 1.82) is 0 Å². The van der Waals surface area contributed by atoms with Crippen LogP contribution in [0.4, 0.5) is 17.6 Å². The Morgan fingerprint density at radius 3 is 1.88 bits per heavy atom. The van der Waals surface area contributed by atoms with E-state index >= 15 is 0 Å². The molecule has 166 valence electrons. The van der Waals surface area contributed by atoms with Gasteiger partial charge >= 0.3 is 0 Å². The van der Waals surface area contributed by atoms with Crippen LogP contribution in [0.2, 0.25) is 0 Å². The highest BCUT2D eigenvalue weighted by Crippen LogP contribution is 2.20. The lowest BCUT2D eigenvalue weighted by atomic mass is 10.1. The smallest absolute Gasteiger partial charge is 0.159 e. The Balaban J connectivity index is 1.56. The molecule has 4 aromatic rings. The van der Waals surface area contributed by atoms with Gasteiger partial charge in [0.15, 0.2) is 11.6 Å². The Morgan fingerprint density at radius 2 is 1.21 bits per heavy atom. The fourth-order valence-corrected chi connectivity index (χ4v) is 3.15. The number of hydrogen-bond donors (Lipinski definition) is 0. The third-order valence-electron chi connectivity index (χ3n) is 4.83. The molecule has 0 radical (unpaired) electrons. The van der Waals surface area contributed by atoms with Gasteiger partial charge in [0.1, 0.15) is 24.0 Å². The summed E-state index contributed by atoms with van der Waals surface area (Å²) in [5.41, 5.74) is 0.820. The molecule has 0 N–H and O–H groups in total. The molecule has 0 aliphatic heterocycles. The topological polar surface area (TPSA) is 9.23 Å². The Kier molecular flexibility index (Phi) is 6.67. The molecule has 0 heterocycles. The van der Waals surface area contributed by atoms with Crippen LogP contribution < -0.4 is 4.74 Å². The summed E-state index contributed by atoms with van der Waals surface area (Å²) in [7, 11) is 0. The van der Waals surface area contributed by atoms with Crippen LogP contribution in [0.15, 0.2) is 79.4 Å². The van der Waals surface area contributed by atoms with Gasteiger partial charge in [-0.05, 0) is 71.4 Å². The third kappa shape index (κ3) is 5.28. The van der Waals surface area contributed by atoms with E-state index in [4.69, 9.17) is 4.74 Å². The Labute approximate surface area is 194 Å². The maximum Gasteiger partial charge on any atom is 0.159 e. The number of ether oxygens (including phenoxy) is 1. The fraction of sp³-hybridized carbons (Fsp3) is 0.0345. The van der Waals surface area contributed by atoms with E-state index in [2.05, 4.69) is 30.3 Å². The molecule has 0 amide bonds. The molecule has 1 nitrogen and oxygen atoms in total. The van der Waals surface area contributed by atoms with Crippen molar-refractivity contribution in [2.24, 2.45) is 0 Å². The molecule has 0 bridgehead atoms. The third-order valence-corrected chi connectivity index (χ3v) is 4.83. The van der Waals surface area contributed by atoms with E-state index in [0.29, 0.717) is 34.3 Å². The molecular weight excluding hydrogens is 440 g/mol. The molecule has 0 atom stereocenters. The normalized spacial score (nSPS) is 10.1. The summed E-state index contributed by atoms with van der Waals surface area (Å²) in [5.74, 6) is 7.76. The number of halogens is 4. The van der Waals surface area contributed by atoms with Crippen molar-refractivity contribution in [2.45, 2.75) is 0 Å². The summed E-state index contributed by atoms with van der Waals surface area (Å²) in [5, 5.41) is 0.918. The molecule has 4 aromatic carbocycles. The Hall–Kier alpha value is -4.48. The first-order valence-corrected chi connectivity index (χ1v) is 10.2. The second-order valence-corrected chi connectivity index (χ2v) is 7.27. The monoisotopic (exact) mass is 456 g/mol. The molecule has 0 aliphatic rings. The van der Waals surface area contributed by atoms with Crippen molar-refractivity contribution < 1.29 is 22.3 Å². The second kappa shape index (κ2) is 9.98. The van der Waals surface area contributed by atoms with E-state index in [1.54, 1.807) is 42.5 Å². The summed E-state index contributed by atoms with van der Waals surface area (Å²) < 4.78 is 61.3. The average Bonchev–Trinajstić information content (AvgIpc) is 2.82. The Bertz CT molecular complexity index is 1490. The lowest BCUT2D eigenvalue weighted by Gasteiger charge is -2.02. The quantitative estimate of drug-likeness (QED) is 0.188. The van der Waals surface area contributed by atoms with Gasteiger partial charge in [0.2, 0.25) is 0 Å². The van der Waals surface area contributed by atoms with Crippen LogP contribution in [0.25, 0.3) is 10.8 Å². The summed E-state index contributed by atoms with van der Waals surface area (Å²) in [4.78, 5) is 0. The van der Waals surface area contributed by atoms with Gasteiger partial charge < -0.3 is 4.74 Å². The highest BCUT2D eigenvalue weighted by atomic mass is 19.2. The average molecular weight is 456 g/mol. The second-order valence-electron chi connectivity index (χ2n) is 7.27. The predicted molar refractivity (Wildman–Crippen MR) is 124 cm³/mol. The highest BCUT2D eigenvalue weighted by molar-refractivity contribution is 5.84. The summed E-state index contributed by atoms with van der Waals surface area (Å²) in [6.07, 6.45) is 1.63. The minimum atomic E-state index is -0.983. The first-order chi connectivity index (χ1) is 16.4. The molecule has 0 fully saturated rings. The van der Waals surface area contributed by atoms with Gasteiger partial charge in [0.25, 0.3) is 0 Å². The van der Waals surface area contributed by atoms with Crippen molar-refractivity contribution in [1.82, 2.24) is 0 Å². The number of fused-ring (bicyclic) bond motifs is 1. The van der Waals surface area contributed by atoms with Gasteiger partial charge in [-0.1, -0.05) is 42.4 Å². The lowest BCUT2D eigenvalue weighted by molar-refractivity contribution is 0.363. The number of benzene rings is 4. The van der Waals surface area contributed by atoms with Crippen LogP contribution in [0, 0.1) is 47.0 Å². The number of rotatable bonds is 3. The van der Waals surface area contributed by atoms with Crippen LogP contribution in [0.3, 0.4) is 0 Å². The minimum Gasteiger partial charge on any atom is -0.490 e. The van der Waals surface area contributed by atoms with E-state index in [1.165, 1.54) is 6.07 Å². The minimum absolute atomic E-state index is 0.163. The van der Waals surface area contributed by atoms with Gasteiger partial charge in [-0.25, -0.2) is 17.6 Å². The van der Waals surface area contributed by atoms with Crippen molar-refractivity contribution >= 4 is 10.8 Å². The van der Waals surface area contributed by atoms with Crippen molar-refractivity contribution in [3.8, 4) is 29.4 Å². The van der Waals surface area contributed by atoms with Crippen molar-refractivity contribution in [2.75, 3.05) is 6.61 Å². The van der Waals surface area contributed by atoms with Gasteiger partial charge in [-0.3, -0.25) is 0 Å². The molecule has 0 saturated heterocycles. The SMILES string of the molecule is C=CCOc1ccc(C#Cc2cc(F)c(C#Cc3ccc4cc(F)c(F)cc4c3)c(F)c2)cc1. The zero-order valence-corrected chi connectivity index (χ0v) is 17.8. The zero-order chi connectivity index (χ0) is 24.1. The predicted octanol–water partition coefficient (Wildman–Crippen LogP) is 6.76. The summed E-state index contributed by atoms with van der Waals surface area (Å²) >= 11 is 0. The highest BCUT2D eigenvalue weighted by Gasteiger charge is 2.09. The van der Waals surface area contributed by atoms with Crippen LogP contribution in [-0.4, -0.2) is 6.61 Å². The van der Waals surface area contributed by atoms with Crippen molar-refractivity contribution in [3.63, 3.8) is 0 Å². The molecule has 0 saturated carbocycles. The maximum absolute atomic E-state index is 14.5. The number of hydrogen-bond acceptors (Lipinski definition) is 1. The van der Waals surface area contributed by atoms with Gasteiger partial charge in [0.05, 0.1) is 5.56 Å². The molecule has 0 aliphatic carbocycles. The van der Waals surface area contributed by atoms with Gasteiger partial charge in [-0.2, -0.15) is 0 Å². The van der Waals surface area contributed by atoms with E-state index < -0.39 is 28.8 Å². The molecule has 0 aromatic heterocycles. The molecule has 4 rings (SSSR count). The van der Waals surface area contributed by atoms with Crippen LogP contribution in [0.5, 0.6) is 5.75 Å².